The molecule has 0 aliphatic carbocycles. The number of nitrogens with zero attached hydrogens (tertiary/aromatic N) is 3. The van der Waals surface area contributed by atoms with Crippen molar-refractivity contribution in [3.8, 4) is 5.75 Å². The molecule has 0 aromatic heterocycles. The number of carbonyl (C=O) groups is 3. The summed E-state index contributed by atoms with van der Waals surface area (Å²) in [6.45, 7) is 16.5. The number of likely N-dealkylation sites (tertiary alicyclic amines) is 1. The number of anilines is 1. The van der Waals surface area contributed by atoms with Crippen LogP contribution in [0.15, 0.2) is 49.6 Å². The Balaban J connectivity index is 1.77. The SMILES string of the molecule is C=CCN(C(=O)[C@H]1[C@H]2C(=O)N([C@H](C)CO)C(C(=O)N(CC=C)C(C)CCC)C23CC(Br)[C@@H]1S3)c1ccc(OCC)cc1. The normalized spacial score (nSPS) is 29.1. The van der Waals surface area contributed by atoms with Crippen LogP contribution in [-0.2, 0) is 14.4 Å². The molecule has 0 saturated carbocycles. The number of ether oxygens (including phenoxy) is 1. The number of rotatable bonds is 14. The molecule has 1 spiro atoms. The maximum atomic E-state index is 14.5. The fourth-order valence-corrected chi connectivity index (χ4v) is 10.7. The third-order valence-electron chi connectivity index (χ3n) is 8.87. The van der Waals surface area contributed by atoms with Crippen molar-refractivity contribution >= 4 is 51.1 Å². The zero-order valence-corrected chi connectivity index (χ0v) is 27.5. The van der Waals surface area contributed by atoms with Crippen molar-refractivity contribution in [1.82, 2.24) is 9.80 Å². The Hall–Kier alpha value is -2.30. The Morgan fingerprint density at radius 3 is 2.43 bits per heavy atom. The molecule has 1 aromatic rings. The molecule has 8 atom stereocenters. The van der Waals surface area contributed by atoms with Crippen LogP contribution in [0.3, 0.4) is 0 Å². The predicted molar refractivity (Wildman–Crippen MR) is 172 cm³/mol. The van der Waals surface area contributed by atoms with E-state index >= 15 is 0 Å². The summed E-state index contributed by atoms with van der Waals surface area (Å²) >= 11 is 5.46. The number of amides is 3. The quantitative estimate of drug-likeness (QED) is 0.231. The lowest BCUT2D eigenvalue weighted by Crippen LogP contribution is -2.58. The van der Waals surface area contributed by atoms with Gasteiger partial charge in [-0.25, -0.2) is 0 Å². The number of hydrogen-bond donors (Lipinski definition) is 1. The van der Waals surface area contributed by atoms with Gasteiger partial charge in [-0.05, 0) is 57.9 Å². The first-order valence-corrected chi connectivity index (χ1v) is 16.7. The lowest BCUT2D eigenvalue weighted by Gasteiger charge is -2.41. The highest BCUT2D eigenvalue weighted by atomic mass is 79.9. The molecule has 230 valence electrons. The van der Waals surface area contributed by atoms with Gasteiger partial charge in [0.05, 0.1) is 35.8 Å². The predicted octanol–water partition coefficient (Wildman–Crippen LogP) is 4.65. The summed E-state index contributed by atoms with van der Waals surface area (Å²) in [4.78, 5) is 48.5. The van der Waals surface area contributed by atoms with Crippen LogP contribution in [0.5, 0.6) is 5.75 Å². The van der Waals surface area contributed by atoms with Crippen molar-refractivity contribution < 1.29 is 24.2 Å². The minimum absolute atomic E-state index is 0.0409. The van der Waals surface area contributed by atoms with E-state index in [9.17, 15) is 19.5 Å². The highest BCUT2D eigenvalue weighted by Gasteiger charge is 2.76. The highest BCUT2D eigenvalue weighted by molar-refractivity contribution is 9.09. The molecule has 8 nitrogen and oxygen atoms in total. The van der Waals surface area contributed by atoms with Crippen LogP contribution in [0, 0.1) is 11.8 Å². The summed E-state index contributed by atoms with van der Waals surface area (Å²) in [7, 11) is 0. The Morgan fingerprint density at radius 2 is 1.86 bits per heavy atom. The molecule has 4 unspecified atom stereocenters. The van der Waals surface area contributed by atoms with Crippen LogP contribution in [0.25, 0.3) is 0 Å². The fraction of sp³-hybridized carbons (Fsp3) is 0.594. The van der Waals surface area contributed by atoms with E-state index in [0.29, 0.717) is 31.0 Å². The molecule has 3 amide bonds. The first-order chi connectivity index (χ1) is 20.1. The third kappa shape index (κ3) is 5.54. The molecule has 1 aromatic carbocycles. The molecule has 3 aliphatic heterocycles. The van der Waals surface area contributed by atoms with E-state index in [-0.39, 0.29) is 47.0 Å². The lowest BCUT2D eigenvalue weighted by atomic mass is 9.70. The summed E-state index contributed by atoms with van der Waals surface area (Å²) in [6, 6.07) is 5.96. The van der Waals surface area contributed by atoms with Gasteiger partial charge in [0.25, 0.3) is 0 Å². The van der Waals surface area contributed by atoms with Gasteiger partial charge >= 0.3 is 0 Å². The molecule has 3 heterocycles. The third-order valence-corrected chi connectivity index (χ3v) is 12.1. The smallest absolute Gasteiger partial charge is 0.247 e. The van der Waals surface area contributed by atoms with Crippen molar-refractivity contribution in [3.63, 3.8) is 0 Å². The second kappa shape index (κ2) is 13.6. The highest BCUT2D eigenvalue weighted by Crippen LogP contribution is 2.68. The molecule has 10 heteroatoms. The summed E-state index contributed by atoms with van der Waals surface area (Å²) in [5, 5.41) is 10.0. The summed E-state index contributed by atoms with van der Waals surface area (Å²) < 4.78 is 4.80. The van der Waals surface area contributed by atoms with Crippen LogP contribution in [-0.4, -0.2) is 91.9 Å². The van der Waals surface area contributed by atoms with E-state index in [1.165, 1.54) is 0 Å². The van der Waals surface area contributed by atoms with Gasteiger partial charge in [-0.3, -0.25) is 14.4 Å². The van der Waals surface area contributed by atoms with Crippen molar-refractivity contribution in [3.05, 3.63) is 49.6 Å². The number of hydrogen-bond acceptors (Lipinski definition) is 6. The average molecular weight is 663 g/mol. The van der Waals surface area contributed by atoms with Gasteiger partial charge in [0, 0.05) is 34.9 Å². The Kier molecular flexibility index (Phi) is 10.5. The topological polar surface area (TPSA) is 90.4 Å². The minimum atomic E-state index is -0.791. The molecular weight excluding hydrogens is 618 g/mol. The standard InChI is InChI=1S/C32H44BrN3O5S/c1-7-11-20(5)34(16-8-2)31(40)28-32-18-24(33)27(42-32)25(26(32)30(39)36(28)21(6)19-37)29(38)35(17-9-3)22-12-14-23(15-13-22)41-10-4/h8-9,12-15,20-21,24-28,37H,2-3,7,10-11,16-19H2,1,4-6H3/t20?,21-,24?,25+,26+,27+,28?,32?/m1/s1. The first-order valence-electron chi connectivity index (χ1n) is 14.9. The molecule has 42 heavy (non-hydrogen) atoms. The van der Waals surface area contributed by atoms with Crippen LogP contribution < -0.4 is 9.64 Å². The molecule has 3 saturated heterocycles. The summed E-state index contributed by atoms with van der Waals surface area (Å²) in [5.41, 5.74) is 0.695. The minimum Gasteiger partial charge on any atom is -0.494 e. The van der Waals surface area contributed by atoms with E-state index in [2.05, 4.69) is 36.0 Å². The van der Waals surface area contributed by atoms with Crippen molar-refractivity contribution in [1.29, 1.82) is 0 Å². The van der Waals surface area contributed by atoms with Gasteiger partial charge in [-0.15, -0.1) is 24.9 Å². The number of fused-ring (bicyclic) bond motifs is 1. The number of halogens is 1. The van der Waals surface area contributed by atoms with Crippen molar-refractivity contribution in [2.75, 3.05) is 31.2 Å². The Bertz CT molecular complexity index is 1180. The summed E-state index contributed by atoms with van der Waals surface area (Å²) in [6.07, 6.45) is 5.72. The largest absolute Gasteiger partial charge is 0.494 e. The zero-order valence-electron chi connectivity index (χ0n) is 25.1. The number of alkyl halides is 1. The molecule has 1 N–H and O–H groups in total. The van der Waals surface area contributed by atoms with Gasteiger partial charge in [-0.2, -0.15) is 0 Å². The monoisotopic (exact) mass is 661 g/mol. The Labute approximate surface area is 262 Å². The maximum absolute atomic E-state index is 14.5. The van der Waals surface area contributed by atoms with E-state index < -0.39 is 28.7 Å². The summed E-state index contributed by atoms with van der Waals surface area (Å²) in [5.74, 6) is -1.13. The van der Waals surface area contributed by atoms with Gasteiger partial charge in [0.2, 0.25) is 17.7 Å². The van der Waals surface area contributed by atoms with E-state index in [4.69, 9.17) is 4.74 Å². The van der Waals surface area contributed by atoms with Crippen molar-refractivity contribution in [2.45, 2.75) is 79.9 Å². The number of benzene rings is 1. The number of carbonyl (C=O) groups excluding carboxylic acids is 3. The number of aliphatic hydroxyl groups is 1. The number of thioether (sulfide) groups is 1. The molecule has 2 bridgehead atoms. The van der Waals surface area contributed by atoms with Crippen LogP contribution in [0.2, 0.25) is 0 Å². The van der Waals surface area contributed by atoms with Crippen LogP contribution >= 0.6 is 27.7 Å². The van der Waals surface area contributed by atoms with Crippen LogP contribution in [0.4, 0.5) is 5.69 Å². The average Bonchev–Trinajstić information content (AvgIpc) is 3.57. The first kappa shape index (κ1) is 32.6. The molecule has 3 aliphatic rings. The van der Waals surface area contributed by atoms with E-state index in [0.717, 1.165) is 12.8 Å². The van der Waals surface area contributed by atoms with Gasteiger partial charge in [0.1, 0.15) is 11.8 Å². The molecule has 3 fully saturated rings. The molecular formula is C32H44BrN3O5S. The van der Waals surface area contributed by atoms with E-state index in [1.807, 2.05) is 43.0 Å². The fourth-order valence-electron chi connectivity index (χ4n) is 7.07. The van der Waals surface area contributed by atoms with Gasteiger partial charge in [-0.1, -0.05) is 41.4 Å². The Morgan fingerprint density at radius 1 is 1.19 bits per heavy atom. The second-order valence-electron chi connectivity index (χ2n) is 11.5. The second-order valence-corrected chi connectivity index (χ2v) is 14.2. The molecule has 0 radical (unpaired) electrons. The van der Waals surface area contributed by atoms with E-state index in [1.54, 1.807) is 40.6 Å². The van der Waals surface area contributed by atoms with Gasteiger partial charge < -0.3 is 24.5 Å². The van der Waals surface area contributed by atoms with Crippen molar-refractivity contribution in [2.24, 2.45) is 11.8 Å². The van der Waals surface area contributed by atoms with Gasteiger partial charge in [0.15, 0.2) is 0 Å². The maximum Gasteiger partial charge on any atom is 0.247 e. The number of aliphatic hydroxyl groups excluding tert-OH is 1. The molecule has 4 rings (SSSR count). The zero-order chi connectivity index (χ0) is 30.8. The lowest BCUT2D eigenvalue weighted by molar-refractivity contribution is -0.146. The van der Waals surface area contributed by atoms with Crippen LogP contribution in [0.1, 0.15) is 47.0 Å².